The molecule has 0 aromatic carbocycles. The highest BCUT2D eigenvalue weighted by atomic mass is 16.4. The Kier molecular flexibility index (Phi) is 10.2. The minimum absolute atomic E-state index is 0.213. The van der Waals surface area contributed by atoms with E-state index in [0.717, 1.165) is 13.0 Å². The minimum Gasteiger partial charge on any atom is -0.480 e. The topological polar surface area (TPSA) is 157 Å². The van der Waals surface area contributed by atoms with Crippen LogP contribution in [-0.2, 0) is 19.2 Å². The zero-order valence-corrected chi connectivity index (χ0v) is 18.4. The van der Waals surface area contributed by atoms with Crippen LogP contribution in [0.1, 0.15) is 53.9 Å². The van der Waals surface area contributed by atoms with Crippen LogP contribution in [-0.4, -0.2) is 70.7 Å². The predicted octanol–water partition coefficient (Wildman–Crippen LogP) is -0.640. The summed E-state index contributed by atoms with van der Waals surface area (Å²) in [6.45, 7) is 9.03. The fraction of sp³-hybridized carbons (Fsp3) is 0.800. The number of carboxylic acid groups (broad SMARTS) is 1. The van der Waals surface area contributed by atoms with Gasteiger partial charge in [-0.05, 0) is 38.1 Å². The van der Waals surface area contributed by atoms with Crippen molar-refractivity contribution in [3.8, 4) is 0 Å². The third-order valence-corrected chi connectivity index (χ3v) is 5.46. The Labute approximate surface area is 177 Å². The third kappa shape index (κ3) is 7.24. The maximum Gasteiger partial charge on any atom is 0.326 e. The van der Waals surface area contributed by atoms with Gasteiger partial charge in [0.2, 0.25) is 17.7 Å². The minimum atomic E-state index is -1.36. The lowest BCUT2D eigenvalue weighted by Gasteiger charge is -2.29. The summed E-state index contributed by atoms with van der Waals surface area (Å²) in [4.78, 5) is 49.3. The molecule has 1 aliphatic heterocycles. The van der Waals surface area contributed by atoms with Gasteiger partial charge >= 0.3 is 5.97 Å². The van der Waals surface area contributed by atoms with Crippen molar-refractivity contribution in [2.24, 2.45) is 11.8 Å². The van der Waals surface area contributed by atoms with E-state index >= 15 is 0 Å². The van der Waals surface area contributed by atoms with Crippen molar-refractivity contribution in [1.82, 2.24) is 21.3 Å². The van der Waals surface area contributed by atoms with Gasteiger partial charge in [0, 0.05) is 0 Å². The van der Waals surface area contributed by atoms with Gasteiger partial charge in [-0.1, -0.05) is 34.1 Å². The number of carbonyl (C=O) groups is 4. The fourth-order valence-electron chi connectivity index (χ4n) is 3.27. The number of rotatable bonds is 11. The van der Waals surface area contributed by atoms with Crippen molar-refractivity contribution in [2.75, 3.05) is 6.54 Å². The fourth-order valence-corrected chi connectivity index (χ4v) is 3.27. The highest BCUT2D eigenvalue weighted by molar-refractivity contribution is 5.94. The molecule has 1 aliphatic rings. The van der Waals surface area contributed by atoms with Crippen LogP contribution >= 0.6 is 0 Å². The van der Waals surface area contributed by atoms with Crippen molar-refractivity contribution in [3.63, 3.8) is 0 Å². The summed E-state index contributed by atoms with van der Waals surface area (Å²) in [6.07, 6.45) is 0.908. The standard InChI is InChI=1S/C20H36N4O6/c1-6-11(4)15(23-17(26)13-8-7-9-21-13)18(27)24-16(12(5)25)19(28)22-14(10(2)3)20(29)30/h10-16,21,25H,6-9H2,1-5H3,(H,22,28)(H,23,26)(H,24,27)(H,29,30). The normalized spacial score (nSPS) is 21.2. The van der Waals surface area contributed by atoms with E-state index in [0.29, 0.717) is 12.8 Å². The van der Waals surface area contributed by atoms with Crippen molar-refractivity contribution in [3.05, 3.63) is 0 Å². The molecule has 10 nitrogen and oxygen atoms in total. The Morgan fingerprint density at radius 2 is 1.53 bits per heavy atom. The zero-order valence-electron chi connectivity index (χ0n) is 18.4. The Morgan fingerprint density at radius 1 is 0.967 bits per heavy atom. The van der Waals surface area contributed by atoms with E-state index in [-0.39, 0.29) is 23.8 Å². The molecule has 6 unspecified atom stereocenters. The average molecular weight is 429 g/mol. The molecule has 10 heteroatoms. The first kappa shape index (κ1) is 25.8. The van der Waals surface area contributed by atoms with Crippen LogP contribution in [0.4, 0.5) is 0 Å². The molecule has 30 heavy (non-hydrogen) atoms. The molecule has 1 heterocycles. The number of carboxylic acids is 1. The second kappa shape index (κ2) is 11.8. The molecular formula is C20H36N4O6. The van der Waals surface area contributed by atoms with Gasteiger partial charge in [0.05, 0.1) is 12.1 Å². The Balaban J connectivity index is 2.91. The first-order chi connectivity index (χ1) is 14.0. The molecule has 0 radical (unpaired) electrons. The van der Waals surface area contributed by atoms with E-state index in [4.69, 9.17) is 0 Å². The van der Waals surface area contributed by atoms with E-state index in [2.05, 4.69) is 21.3 Å². The largest absolute Gasteiger partial charge is 0.480 e. The van der Waals surface area contributed by atoms with Gasteiger partial charge in [-0.25, -0.2) is 4.79 Å². The van der Waals surface area contributed by atoms with Gasteiger partial charge < -0.3 is 31.5 Å². The van der Waals surface area contributed by atoms with Gasteiger partial charge in [-0.3, -0.25) is 14.4 Å². The molecule has 0 aromatic heterocycles. The Bertz CT molecular complexity index is 618. The number of aliphatic hydroxyl groups is 1. The number of hydrogen-bond acceptors (Lipinski definition) is 6. The van der Waals surface area contributed by atoms with Crippen molar-refractivity contribution >= 4 is 23.7 Å². The third-order valence-electron chi connectivity index (χ3n) is 5.46. The molecule has 3 amide bonds. The average Bonchev–Trinajstić information content (AvgIpc) is 3.21. The second-order valence-electron chi connectivity index (χ2n) is 8.32. The van der Waals surface area contributed by atoms with Crippen LogP contribution in [0.15, 0.2) is 0 Å². The SMILES string of the molecule is CCC(C)C(NC(=O)C1CCCN1)C(=O)NC(C(=O)NC(C(=O)O)C(C)C)C(C)O. The number of hydrogen-bond donors (Lipinski definition) is 6. The van der Waals surface area contributed by atoms with E-state index < -0.39 is 42.0 Å². The number of nitrogens with one attached hydrogen (secondary N) is 4. The highest BCUT2D eigenvalue weighted by Gasteiger charge is 2.35. The summed E-state index contributed by atoms with van der Waals surface area (Å²) < 4.78 is 0. The smallest absolute Gasteiger partial charge is 0.326 e. The van der Waals surface area contributed by atoms with E-state index in [9.17, 15) is 29.4 Å². The van der Waals surface area contributed by atoms with Crippen LogP contribution in [0, 0.1) is 11.8 Å². The van der Waals surface area contributed by atoms with Gasteiger partial charge in [0.1, 0.15) is 18.1 Å². The van der Waals surface area contributed by atoms with Crippen LogP contribution in [0.25, 0.3) is 0 Å². The van der Waals surface area contributed by atoms with Crippen molar-refractivity contribution in [1.29, 1.82) is 0 Å². The monoisotopic (exact) mass is 428 g/mol. The highest BCUT2D eigenvalue weighted by Crippen LogP contribution is 2.12. The maximum absolute atomic E-state index is 12.9. The number of amides is 3. The Morgan fingerprint density at radius 3 is 1.97 bits per heavy atom. The quantitative estimate of drug-likeness (QED) is 0.255. The van der Waals surface area contributed by atoms with Crippen LogP contribution in [0.5, 0.6) is 0 Å². The molecule has 1 saturated heterocycles. The van der Waals surface area contributed by atoms with E-state index in [1.165, 1.54) is 6.92 Å². The lowest BCUT2D eigenvalue weighted by atomic mass is 9.97. The molecule has 1 rings (SSSR count). The molecule has 0 spiro atoms. The lowest BCUT2D eigenvalue weighted by molar-refractivity contribution is -0.144. The summed E-state index contributed by atoms with van der Waals surface area (Å²) in [5, 5.41) is 30.0. The van der Waals surface area contributed by atoms with E-state index in [1.807, 2.05) is 13.8 Å². The molecule has 0 aliphatic carbocycles. The number of aliphatic carboxylic acids is 1. The van der Waals surface area contributed by atoms with Crippen molar-refractivity contribution < 1.29 is 29.4 Å². The molecule has 0 bridgehead atoms. The molecular weight excluding hydrogens is 392 g/mol. The molecule has 0 saturated carbocycles. The van der Waals surface area contributed by atoms with Crippen LogP contribution < -0.4 is 21.3 Å². The first-order valence-electron chi connectivity index (χ1n) is 10.5. The van der Waals surface area contributed by atoms with Gasteiger partial charge in [-0.2, -0.15) is 0 Å². The van der Waals surface area contributed by atoms with E-state index in [1.54, 1.807) is 13.8 Å². The maximum atomic E-state index is 12.9. The summed E-state index contributed by atoms with van der Waals surface area (Å²) >= 11 is 0. The molecule has 1 fully saturated rings. The summed E-state index contributed by atoms with van der Waals surface area (Å²) in [6, 6.07) is -3.76. The second-order valence-corrected chi connectivity index (χ2v) is 8.32. The van der Waals surface area contributed by atoms with Crippen LogP contribution in [0.3, 0.4) is 0 Å². The molecule has 0 aromatic rings. The molecule has 6 N–H and O–H groups in total. The number of aliphatic hydroxyl groups excluding tert-OH is 1. The van der Waals surface area contributed by atoms with Gasteiger partial charge in [0.25, 0.3) is 0 Å². The molecule has 172 valence electrons. The van der Waals surface area contributed by atoms with Crippen LogP contribution in [0.2, 0.25) is 0 Å². The number of carbonyl (C=O) groups excluding carboxylic acids is 3. The molecule has 6 atom stereocenters. The summed E-state index contributed by atoms with van der Waals surface area (Å²) in [5.74, 6) is -3.49. The summed E-state index contributed by atoms with van der Waals surface area (Å²) in [5.41, 5.74) is 0. The summed E-state index contributed by atoms with van der Waals surface area (Å²) in [7, 11) is 0. The first-order valence-corrected chi connectivity index (χ1v) is 10.5. The predicted molar refractivity (Wildman–Crippen MR) is 110 cm³/mol. The van der Waals surface area contributed by atoms with Gasteiger partial charge in [0.15, 0.2) is 0 Å². The van der Waals surface area contributed by atoms with Crippen molar-refractivity contribution in [2.45, 2.75) is 84.2 Å². The zero-order chi connectivity index (χ0) is 23.0. The van der Waals surface area contributed by atoms with Gasteiger partial charge in [-0.15, -0.1) is 0 Å². The lowest BCUT2D eigenvalue weighted by Crippen LogP contribution is -2.61. The Hall–Kier alpha value is -2.20.